The van der Waals surface area contributed by atoms with E-state index >= 15 is 0 Å². The number of carbonyl (C=O) groups excluding carboxylic acids is 1. The van der Waals surface area contributed by atoms with Crippen LogP contribution in [-0.4, -0.2) is 35.4 Å². The minimum Gasteiger partial charge on any atom is -0.444 e. The molecule has 1 N–H and O–H groups in total. The van der Waals surface area contributed by atoms with E-state index in [1.54, 1.807) is 26.8 Å². The summed E-state index contributed by atoms with van der Waals surface area (Å²) < 4.78 is 33.1. The SMILES string of the molecule is CC(C)(C)OC(=O)N1CC=C2C(C#N)C(=N)C(C#N)(C#N)[C@H](c3ccc(F)c(F)c3)[C@H]2C1. The Balaban J connectivity index is 2.17. The van der Waals surface area contributed by atoms with Gasteiger partial charge in [-0.15, -0.1) is 0 Å². The standard InChI is InChI=1S/C23H21F2N5O2/c1-22(2,3)32-21(31)30-7-6-14-15(9-26)20(29)23(11-27,12-28)19(16(14)10-30)13-4-5-17(24)18(25)8-13/h4-6,8,15-16,19,29H,7,10H2,1-3H3/t15?,16-,19+/m0/s1. The minimum absolute atomic E-state index is 0.0129. The van der Waals surface area contributed by atoms with Crippen molar-refractivity contribution >= 4 is 11.8 Å². The molecule has 1 heterocycles. The third kappa shape index (κ3) is 3.69. The lowest BCUT2D eigenvalue weighted by Crippen LogP contribution is -2.54. The van der Waals surface area contributed by atoms with E-state index in [0.29, 0.717) is 5.57 Å². The average molecular weight is 437 g/mol. The van der Waals surface area contributed by atoms with Crippen molar-refractivity contribution in [3.05, 3.63) is 47.0 Å². The highest BCUT2D eigenvalue weighted by Gasteiger charge is 2.58. The van der Waals surface area contributed by atoms with E-state index in [2.05, 4.69) is 0 Å². The zero-order chi connectivity index (χ0) is 23.8. The molecule has 0 aromatic heterocycles. The Morgan fingerprint density at radius 2 is 1.88 bits per heavy atom. The smallest absolute Gasteiger partial charge is 0.410 e. The summed E-state index contributed by atoms with van der Waals surface area (Å²) >= 11 is 0. The zero-order valence-electron chi connectivity index (χ0n) is 17.8. The molecule has 0 spiro atoms. The van der Waals surface area contributed by atoms with Gasteiger partial charge in [0.25, 0.3) is 0 Å². The van der Waals surface area contributed by atoms with Crippen LogP contribution in [0.15, 0.2) is 29.8 Å². The van der Waals surface area contributed by atoms with Crippen molar-refractivity contribution in [2.75, 3.05) is 13.1 Å². The van der Waals surface area contributed by atoms with Crippen molar-refractivity contribution in [3.8, 4) is 18.2 Å². The molecule has 1 aromatic carbocycles. The van der Waals surface area contributed by atoms with Gasteiger partial charge in [-0.2, -0.15) is 15.8 Å². The first kappa shape index (κ1) is 22.9. The van der Waals surface area contributed by atoms with Gasteiger partial charge in [-0.1, -0.05) is 12.1 Å². The van der Waals surface area contributed by atoms with Crippen LogP contribution >= 0.6 is 0 Å². The predicted octanol–water partition coefficient (Wildman–Crippen LogP) is 4.05. The summed E-state index contributed by atoms with van der Waals surface area (Å²) in [6.45, 7) is 5.24. The Bertz CT molecular complexity index is 1120. The van der Waals surface area contributed by atoms with Crippen LogP contribution in [0.1, 0.15) is 32.3 Å². The van der Waals surface area contributed by atoms with Crippen LogP contribution in [0, 0.1) is 68.3 Å². The van der Waals surface area contributed by atoms with Gasteiger partial charge in [-0.05, 0) is 44.0 Å². The number of amides is 1. The molecule has 1 aliphatic carbocycles. The monoisotopic (exact) mass is 437 g/mol. The van der Waals surface area contributed by atoms with E-state index in [1.165, 1.54) is 11.0 Å². The summed E-state index contributed by atoms with van der Waals surface area (Å²) in [4.78, 5) is 14.0. The first-order valence-corrected chi connectivity index (χ1v) is 9.93. The molecule has 0 bridgehead atoms. The van der Waals surface area contributed by atoms with Crippen LogP contribution in [0.3, 0.4) is 0 Å². The second-order valence-electron chi connectivity index (χ2n) is 8.85. The van der Waals surface area contributed by atoms with Crippen LogP contribution in [0.5, 0.6) is 0 Å². The molecule has 1 unspecified atom stereocenters. The first-order valence-electron chi connectivity index (χ1n) is 9.93. The lowest BCUT2D eigenvalue weighted by atomic mass is 9.54. The van der Waals surface area contributed by atoms with Crippen LogP contribution in [0.2, 0.25) is 0 Å². The van der Waals surface area contributed by atoms with Crippen molar-refractivity contribution in [1.82, 2.24) is 4.90 Å². The van der Waals surface area contributed by atoms with Gasteiger partial charge in [0.15, 0.2) is 17.0 Å². The molecule has 9 heteroatoms. The third-order valence-corrected chi connectivity index (χ3v) is 5.74. The van der Waals surface area contributed by atoms with Crippen molar-refractivity contribution in [1.29, 1.82) is 21.2 Å². The minimum atomic E-state index is -2.09. The van der Waals surface area contributed by atoms with Gasteiger partial charge in [0.05, 0.1) is 23.9 Å². The van der Waals surface area contributed by atoms with E-state index in [0.717, 1.165) is 12.1 Å². The number of benzene rings is 1. The Morgan fingerprint density at radius 1 is 1.22 bits per heavy atom. The van der Waals surface area contributed by atoms with E-state index in [4.69, 9.17) is 10.1 Å². The van der Waals surface area contributed by atoms with Crippen LogP contribution in [0.4, 0.5) is 13.6 Å². The largest absolute Gasteiger partial charge is 0.444 e. The molecule has 1 saturated carbocycles. The fraction of sp³-hybridized carbons (Fsp3) is 0.435. The van der Waals surface area contributed by atoms with Gasteiger partial charge in [-0.25, -0.2) is 13.6 Å². The molecule has 2 aliphatic rings. The highest BCUT2D eigenvalue weighted by molar-refractivity contribution is 6.01. The highest BCUT2D eigenvalue weighted by atomic mass is 19.2. The van der Waals surface area contributed by atoms with Crippen molar-refractivity contribution in [3.63, 3.8) is 0 Å². The summed E-state index contributed by atoms with van der Waals surface area (Å²) in [6, 6.07) is 8.76. The number of fused-ring (bicyclic) bond motifs is 1. The molecular formula is C23H21F2N5O2. The summed E-state index contributed by atoms with van der Waals surface area (Å²) in [5, 5.41) is 38.2. The Morgan fingerprint density at radius 3 is 2.41 bits per heavy atom. The fourth-order valence-electron chi connectivity index (χ4n) is 4.37. The highest BCUT2D eigenvalue weighted by Crippen LogP contribution is 2.53. The van der Waals surface area contributed by atoms with Crippen LogP contribution in [-0.2, 0) is 4.74 Å². The Labute approximate surface area is 184 Å². The molecule has 7 nitrogen and oxygen atoms in total. The third-order valence-electron chi connectivity index (χ3n) is 5.74. The first-order chi connectivity index (χ1) is 15.0. The van der Waals surface area contributed by atoms with Gasteiger partial charge in [-0.3, -0.25) is 0 Å². The molecule has 32 heavy (non-hydrogen) atoms. The molecule has 0 radical (unpaired) electrons. The number of nitrogens with one attached hydrogen (secondary N) is 1. The summed E-state index contributed by atoms with van der Waals surface area (Å²) in [5.74, 6) is -5.24. The topological polar surface area (TPSA) is 125 Å². The maximum atomic E-state index is 14.1. The van der Waals surface area contributed by atoms with Crippen LogP contribution in [0.25, 0.3) is 0 Å². The van der Waals surface area contributed by atoms with Gasteiger partial charge in [0.2, 0.25) is 0 Å². The lowest BCUT2D eigenvalue weighted by Gasteiger charge is -2.47. The van der Waals surface area contributed by atoms with Crippen molar-refractivity contribution in [2.24, 2.45) is 17.3 Å². The number of hydrogen-bond acceptors (Lipinski definition) is 6. The van der Waals surface area contributed by atoms with Crippen LogP contribution < -0.4 is 0 Å². The summed E-state index contributed by atoms with van der Waals surface area (Å²) in [7, 11) is 0. The molecule has 1 aromatic rings. The second kappa shape index (κ2) is 8.05. The molecular weight excluding hydrogens is 416 g/mol. The van der Waals surface area contributed by atoms with Crippen molar-refractivity contribution < 1.29 is 18.3 Å². The molecule has 1 fully saturated rings. The summed E-state index contributed by atoms with van der Waals surface area (Å²) in [6.07, 6.45) is 0.997. The molecule has 0 saturated heterocycles. The normalized spacial score (nSPS) is 24.3. The maximum absolute atomic E-state index is 14.1. The number of halogens is 2. The average Bonchev–Trinajstić information content (AvgIpc) is 2.73. The van der Waals surface area contributed by atoms with Gasteiger partial charge < -0.3 is 15.0 Å². The van der Waals surface area contributed by atoms with E-state index < -0.39 is 52.2 Å². The number of ether oxygens (including phenoxy) is 1. The number of nitrogens with zero attached hydrogens (tertiary/aromatic N) is 4. The van der Waals surface area contributed by atoms with E-state index in [1.807, 2.05) is 18.2 Å². The van der Waals surface area contributed by atoms with Gasteiger partial charge in [0, 0.05) is 24.9 Å². The molecule has 3 rings (SSSR count). The molecule has 164 valence electrons. The maximum Gasteiger partial charge on any atom is 0.410 e. The number of rotatable bonds is 1. The molecule has 3 atom stereocenters. The Hall–Kier alpha value is -3.77. The number of nitriles is 3. The Kier molecular flexibility index (Phi) is 5.76. The van der Waals surface area contributed by atoms with E-state index in [9.17, 15) is 29.4 Å². The molecule has 1 amide bonds. The van der Waals surface area contributed by atoms with Gasteiger partial charge in [0.1, 0.15) is 11.5 Å². The predicted molar refractivity (Wildman–Crippen MR) is 109 cm³/mol. The van der Waals surface area contributed by atoms with E-state index in [-0.39, 0.29) is 18.7 Å². The summed E-state index contributed by atoms with van der Waals surface area (Å²) in [5.41, 5.74) is -2.65. The van der Waals surface area contributed by atoms with Crippen molar-refractivity contribution in [2.45, 2.75) is 32.3 Å². The quantitative estimate of drug-likeness (QED) is 0.664. The molecule has 1 aliphatic heterocycles. The van der Waals surface area contributed by atoms with Gasteiger partial charge >= 0.3 is 6.09 Å². The lowest BCUT2D eigenvalue weighted by molar-refractivity contribution is 0.0222. The fourth-order valence-corrected chi connectivity index (χ4v) is 4.37. The zero-order valence-corrected chi connectivity index (χ0v) is 17.8. The number of hydrogen-bond donors (Lipinski definition) is 1. The number of carbonyl (C=O) groups is 1. The second-order valence-corrected chi connectivity index (χ2v) is 8.85.